The van der Waals surface area contributed by atoms with Gasteiger partial charge in [-0.2, -0.15) is 0 Å². The highest BCUT2D eigenvalue weighted by atomic mass is 15.1. The summed E-state index contributed by atoms with van der Waals surface area (Å²) in [6, 6.07) is 47.3. The Morgan fingerprint density at radius 2 is 1.16 bits per heavy atom. The Balaban J connectivity index is 1.25. The van der Waals surface area contributed by atoms with Gasteiger partial charge in [-0.05, 0) is 95.7 Å². The van der Waals surface area contributed by atoms with E-state index in [1.807, 2.05) is 109 Å². The number of para-hydroxylation sites is 2. The number of hydrogen-bond acceptors (Lipinski definition) is 1. The van der Waals surface area contributed by atoms with E-state index in [-0.39, 0.29) is 17.0 Å². The molecule has 0 N–H and O–H groups in total. The van der Waals surface area contributed by atoms with Gasteiger partial charge in [-0.1, -0.05) is 148 Å². The van der Waals surface area contributed by atoms with Crippen LogP contribution in [0, 0.1) is 0 Å². The molecule has 0 saturated heterocycles. The summed E-state index contributed by atoms with van der Waals surface area (Å²) in [5.74, 6) is -0.217. The smallest absolute Gasteiger partial charge is 0.114 e. The molecule has 2 nitrogen and oxygen atoms in total. The largest absolute Gasteiger partial charge is 0.296 e. The Morgan fingerprint density at radius 1 is 0.560 bits per heavy atom. The second-order valence-electron chi connectivity index (χ2n) is 13.0. The Morgan fingerprint density at radius 3 is 1.90 bits per heavy atom. The maximum absolute atomic E-state index is 8.82. The Hall–Kier alpha value is -5.99. The van der Waals surface area contributed by atoms with Crippen molar-refractivity contribution in [2.45, 2.75) is 32.3 Å². The van der Waals surface area contributed by atoms with Gasteiger partial charge in [-0.3, -0.25) is 4.57 Å². The standard InChI is InChI=1S/C48H36N2/c1-4-45-49-42-23-13-14-24-44(42)50(45)43-28-27-39(31-15-5-6-17-34(31)43)47-37-20-9-7-18-35(37)46(36-19-8-10-21-38(36)47)30-25-26-33-32-16-11-12-22-40(32)48(2,3)41(33)29-30/h5-29H,4H2,1-3H3/i1D3,2D3,3D3,4D2. The first-order valence-corrected chi connectivity index (χ1v) is 16.7. The fraction of sp³-hybridized carbons (Fsp3) is 0.104. The van der Waals surface area contributed by atoms with Gasteiger partial charge in [0.25, 0.3) is 0 Å². The molecule has 2 heteroatoms. The third-order valence-electron chi connectivity index (χ3n) is 10.3. The number of aromatic nitrogens is 2. The van der Waals surface area contributed by atoms with Crippen LogP contribution in [0.2, 0.25) is 0 Å². The van der Waals surface area contributed by atoms with Crippen molar-refractivity contribution in [1.29, 1.82) is 0 Å². The molecule has 9 aromatic rings. The molecule has 0 radical (unpaired) electrons. The van der Waals surface area contributed by atoms with Crippen LogP contribution in [0.4, 0.5) is 0 Å². The van der Waals surface area contributed by atoms with Crippen LogP contribution in [-0.2, 0) is 11.8 Å². The van der Waals surface area contributed by atoms with Crippen LogP contribution >= 0.6 is 0 Å². The van der Waals surface area contributed by atoms with Crippen molar-refractivity contribution in [2.24, 2.45) is 0 Å². The van der Waals surface area contributed by atoms with Gasteiger partial charge in [-0.15, -0.1) is 0 Å². The molecular formula is C48H36N2. The molecule has 1 aliphatic rings. The molecule has 0 atom stereocenters. The lowest BCUT2D eigenvalue weighted by Gasteiger charge is -2.23. The molecule has 0 amide bonds. The minimum absolute atomic E-state index is 0.217. The molecular weight excluding hydrogens is 605 g/mol. The zero-order valence-corrected chi connectivity index (χ0v) is 26.8. The van der Waals surface area contributed by atoms with Crippen molar-refractivity contribution in [3.8, 4) is 39.1 Å². The van der Waals surface area contributed by atoms with E-state index < -0.39 is 32.3 Å². The first-order chi connectivity index (χ1) is 29.0. The number of hydrogen-bond donors (Lipinski definition) is 0. The summed E-state index contributed by atoms with van der Waals surface area (Å²) in [6.07, 6.45) is -2.78. The van der Waals surface area contributed by atoms with Crippen LogP contribution in [0.3, 0.4) is 0 Å². The quantitative estimate of drug-likeness (QED) is 0.173. The highest BCUT2D eigenvalue weighted by Gasteiger charge is 2.35. The highest BCUT2D eigenvalue weighted by Crippen LogP contribution is 2.51. The molecule has 1 aromatic heterocycles. The summed E-state index contributed by atoms with van der Waals surface area (Å²) in [4.78, 5) is 4.57. The summed E-state index contributed by atoms with van der Waals surface area (Å²) in [5, 5.41) is 5.17. The van der Waals surface area contributed by atoms with Crippen molar-refractivity contribution in [1.82, 2.24) is 9.55 Å². The monoisotopic (exact) mass is 651 g/mol. The molecule has 0 fully saturated rings. The number of aryl methyl sites for hydroxylation is 1. The molecule has 1 heterocycles. The predicted octanol–water partition coefficient (Wildman–Crippen LogP) is 12.7. The normalized spacial score (nSPS) is 17.6. The number of fused-ring (bicyclic) bond motifs is 7. The summed E-state index contributed by atoms with van der Waals surface area (Å²) in [5.41, 5.74) is 4.41. The Labute approximate surface area is 307 Å². The van der Waals surface area contributed by atoms with Gasteiger partial charge in [0.1, 0.15) is 5.82 Å². The third kappa shape index (κ3) is 3.99. The van der Waals surface area contributed by atoms with Gasteiger partial charge in [-0.25, -0.2) is 4.98 Å². The lowest BCUT2D eigenvalue weighted by atomic mass is 9.80. The van der Waals surface area contributed by atoms with Crippen molar-refractivity contribution in [3.63, 3.8) is 0 Å². The minimum Gasteiger partial charge on any atom is -0.296 e. The van der Waals surface area contributed by atoms with E-state index in [2.05, 4.69) is 4.98 Å². The first kappa shape index (κ1) is 19.9. The number of rotatable bonds is 4. The van der Waals surface area contributed by atoms with Crippen LogP contribution in [-0.4, -0.2) is 9.55 Å². The lowest BCUT2D eigenvalue weighted by Crippen LogP contribution is -2.14. The zero-order chi connectivity index (χ0) is 42.9. The second-order valence-corrected chi connectivity index (χ2v) is 13.0. The van der Waals surface area contributed by atoms with Gasteiger partial charge >= 0.3 is 0 Å². The summed E-state index contributed by atoms with van der Waals surface area (Å²) in [6.45, 7) is -8.80. The molecule has 0 aliphatic heterocycles. The van der Waals surface area contributed by atoms with Crippen LogP contribution < -0.4 is 0 Å². The van der Waals surface area contributed by atoms with Crippen molar-refractivity contribution in [2.75, 3.05) is 0 Å². The molecule has 1 aliphatic carbocycles. The van der Waals surface area contributed by atoms with Crippen LogP contribution in [0.5, 0.6) is 0 Å². The minimum atomic E-state index is -2.99. The fourth-order valence-electron chi connectivity index (χ4n) is 8.21. The summed E-state index contributed by atoms with van der Waals surface area (Å²) >= 11 is 0. The van der Waals surface area contributed by atoms with E-state index in [1.54, 1.807) is 47.0 Å². The van der Waals surface area contributed by atoms with Gasteiger partial charge < -0.3 is 0 Å². The molecule has 0 bridgehead atoms. The van der Waals surface area contributed by atoms with Gasteiger partial charge in [0, 0.05) is 32.3 Å². The maximum atomic E-state index is 8.82. The summed E-state index contributed by atoms with van der Waals surface area (Å²) < 4.78 is 96.6. The van der Waals surface area contributed by atoms with E-state index in [0.717, 1.165) is 49.0 Å². The number of nitrogens with zero attached hydrogens (tertiary/aromatic N) is 2. The maximum Gasteiger partial charge on any atom is 0.114 e. The average molecular weight is 652 g/mol. The van der Waals surface area contributed by atoms with E-state index in [0.29, 0.717) is 33.4 Å². The van der Waals surface area contributed by atoms with Crippen LogP contribution in [0.15, 0.2) is 152 Å². The van der Waals surface area contributed by atoms with Crippen molar-refractivity contribution in [3.05, 3.63) is 169 Å². The first-order valence-electron chi connectivity index (χ1n) is 22.2. The molecule has 0 spiro atoms. The SMILES string of the molecule is [2H]C([2H])([2H])C([2H])([2H])c1nc2ccccc2n1-c1ccc(-c2c3ccccc3c(-c3ccc4c(c3)C(C([2H])([2H])[2H])(C([2H])([2H])[2H])c3ccccc3-4)c3ccccc23)c2ccccc12. The zero-order valence-electron chi connectivity index (χ0n) is 37.8. The van der Waals surface area contributed by atoms with Crippen LogP contribution in [0.1, 0.15) is 52.6 Å². The molecule has 0 unspecified atom stereocenters. The van der Waals surface area contributed by atoms with E-state index in [9.17, 15) is 0 Å². The van der Waals surface area contributed by atoms with Gasteiger partial charge in [0.05, 0.1) is 16.7 Å². The molecule has 0 saturated carbocycles. The third-order valence-corrected chi connectivity index (χ3v) is 10.3. The Bertz CT molecular complexity index is 3190. The Kier molecular flexibility index (Phi) is 4.27. The second kappa shape index (κ2) is 10.8. The van der Waals surface area contributed by atoms with Crippen molar-refractivity contribution >= 4 is 43.4 Å². The summed E-state index contributed by atoms with van der Waals surface area (Å²) in [7, 11) is 0. The topological polar surface area (TPSA) is 17.8 Å². The lowest BCUT2D eigenvalue weighted by molar-refractivity contribution is 0.660. The molecule has 8 aromatic carbocycles. The van der Waals surface area contributed by atoms with Gasteiger partial charge in [0.15, 0.2) is 0 Å². The number of imidazole rings is 1. The molecule has 238 valence electrons. The number of benzene rings is 8. The van der Waals surface area contributed by atoms with Crippen LogP contribution in [0.25, 0.3) is 82.4 Å². The van der Waals surface area contributed by atoms with Crippen molar-refractivity contribution < 1.29 is 15.1 Å². The van der Waals surface area contributed by atoms with E-state index in [4.69, 9.17) is 15.1 Å². The predicted molar refractivity (Wildman–Crippen MR) is 211 cm³/mol. The van der Waals surface area contributed by atoms with E-state index in [1.165, 1.54) is 0 Å². The highest BCUT2D eigenvalue weighted by molar-refractivity contribution is 6.24. The molecule has 50 heavy (non-hydrogen) atoms. The van der Waals surface area contributed by atoms with Gasteiger partial charge in [0.2, 0.25) is 0 Å². The van der Waals surface area contributed by atoms with E-state index >= 15 is 0 Å². The average Bonchev–Trinajstić information content (AvgIpc) is 3.77. The fourth-order valence-corrected chi connectivity index (χ4v) is 8.21. The molecule has 10 rings (SSSR count).